The molecule has 0 bridgehead atoms. The van der Waals surface area contributed by atoms with Gasteiger partial charge in [-0.3, -0.25) is 4.79 Å². The van der Waals surface area contributed by atoms with E-state index in [1.54, 1.807) is 11.8 Å². The Morgan fingerprint density at radius 1 is 1.40 bits per heavy atom. The molecule has 1 rings (SSSR count). The summed E-state index contributed by atoms with van der Waals surface area (Å²) >= 11 is 1.65. The van der Waals surface area contributed by atoms with E-state index in [9.17, 15) is 4.79 Å². The summed E-state index contributed by atoms with van der Waals surface area (Å²) in [5, 5.41) is 8.64. The molecule has 0 aliphatic rings. The van der Waals surface area contributed by atoms with Crippen molar-refractivity contribution >= 4 is 17.7 Å². The average molecular weight is 294 g/mol. The predicted octanol–water partition coefficient (Wildman–Crippen LogP) is 1.71. The van der Waals surface area contributed by atoms with E-state index in [2.05, 4.69) is 16.6 Å². The third kappa shape index (κ3) is 7.07. The number of hydrogen-bond acceptors (Lipinski definition) is 5. The molecule has 5 heteroatoms. The van der Waals surface area contributed by atoms with Crippen LogP contribution in [0.15, 0.2) is 24.3 Å². The molecule has 0 aliphatic carbocycles. The average Bonchev–Trinajstić information content (AvgIpc) is 2.48. The van der Waals surface area contributed by atoms with Gasteiger partial charge in [0.15, 0.2) is 0 Å². The predicted molar refractivity (Wildman–Crippen MR) is 79.9 cm³/mol. The second-order valence-electron chi connectivity index (χ2n) is 3.77. The molecule has 0 amide bonds. The Morgan fingerprint density at radius 3 is 3.00 bits per heavy atom. The molecule has 0 aromatic heterocycles. The maximum absolute atomic E-state index is 10.9. The van der Waals surface area contributed by atoms with Crippen molar-refractivity contribution in [1.82, 2.24) is 0 Å². The molecule has 0 spiro atoms. The van der Waals surface area contributed by atoms with Crippen LogP contribution >= 0.6 is 11.8 Å². The van der Waals surface area contributed by atoms with Gasteiger partial charge in [0, 0.05) is 17.1 Å². The van der Waals surface area contributed by atoms with Crippen LogP contribution in [0.3, 0.4) is 0 Å². The van der Waals surface area contributed by atoms with Crippen LogP contribution in [-0.4, -0.2) is 42.9 Å². The molecule has 0 heterocycles. The monoisotopic (exact) mass is 294 g/mol. The normalized spacial score (nSPS) is 9.50. The van der Waals surface area contributed by atoms with Crippen LogP contribution in [0.2, 0.25) is 0 Å². The van der Waals surface area contributed by atoms with Gasteiger partial charge in [-0.25, -0.2) is 0 Å². The maximum Gasteiger partial charge on any atom is 0.306 e. The molecule has 108 valence electrons. The third-order valence-electron chi connectivity index (χ3n) is 2.32. The standard InChI is InChI=1S/C15H18O4S/c1-18-15(17)7-10-20-11-9-19-14-6-2-4-13(12-14)5-3-8-16/h2,4,6,12,16H,7-11H2,1H3. The highest BCUT2D eigenvalue weighted by Crippen LogP contribution is 2.13. The van der Waals surface area contributed by atoms with Gasteiger partial charge in [-0.1, -0.05) is 17.9 Å². The number of carbonyl (C=O) groups excluding carboxylic acids is 1. The SMILES string of the molecule is COC(=O)CCSCCOc1cccc(C#CCO)c1. The lowest BCUT2D eigenvalue weighted by atomic mass is 10.2. The van der Waals surface area contributed by atoms with Gasteiger partial charge in [0.1, 0.15) is 12.4 Å². The summed E-state index contributed by atoms with van der Waals surface area (Å²) in [7, 11) is 1.39. The number of carbonyl (C=O) groups is 1. The van der Waals surface area contributed by atoms with Crippen LogP contribution < -0.4 is 4.74 Å². The Hall–Kier alpha value is -1.64. The molecule has 20 heavy (non-hydrogen) atoms. The van der Waals surface area contributed by atoms with E-state index in [1.807, 2.05) is 24.3 Å². The molecule has 0 unspecified atom stereocenters. The van der Waals surface area contributed by atoms with Crippen LogP contribution in [0.4, 0.5) is 0 Å². The topological polar surface area (TPSA) is 55.8 Å². The van der Waals surface area contributed by atoms with Crippen LogP contribution in [0.5, 0.6) is 5.75 Å². The summed E-state index contributed by atoms with van der Waals surface area (Å²) in [6, 6.07) is 7.42. The zero-order valence-electron chi connectivity index (χ0n) is 11.4. The molecule has 0 atom stereocenters. The van der Waals surface area contributed by atoms with Crippen molar-refractivity contribution in [2.75, 3.05) is 31.8 Å². The fraction of sp³-hybridized carbons (Fsp3) is 0.400. The van der Waals surface area contributed by atoms with Crippen LogP contribution in [0.1, 0.15) is 12.0 Å². The van der Waals surface area contributed by atoms with Gasteiger partial charge in [0.25, 0.3) is 0 Å². The van der Waals surface area contributed by atoms with Crippen LogP contribution in [0, 0.1) is 11.8 Å². The molecular formula is C15H18O4S. The number of rotatable bonds is 7. The van der Waals surface area contributed by atoms with Gasteiger partial charge in [-0.05, 0) is 18.2 Å². The number of methoxy groups -OCH3 is 1. The minimum absolute atomic E-state index is 0.151. The van der Waals surface area contributed by atoms with Crippen molar-refractivity contribution in [2.24, 2.45) is 0 Å². The zero-order chi connectivity index (χ0) is 14.6. The number of aliphatic hydroxyl groups is 1. The van der Waals surface area contributed by atoms with Crippen molar-refractivity contribution in [3.05, 3.63) is 29.8 Å². The van der Waals surface area contributed by atoms with E-state index in [0.717, 1.165) is 22.8 Å². The molecule has 0 fully saturated rings. The first-order valence-electron chi connectivity index (χ1n) is 6.23. The van der Waals surface area contributed by atoms with Gasteiger partial charge in [-0.2, -0.15) is 11.8 Å². The fourth-order valence-corrected chi connectivity index (χ4v) is 2.10. The molecule has 1 aromatic carbocycles. The van der Waals surface area contributed by atoms with Crippen molar-refractivity contribution in [2.45, 2.75) is 6.42 Å². The molecule has 1 N–H and O–H groups in total. The lowest BCUT2D eigenvalue weighted by Gasteiger charge is -2.06. The zero-order valence-corrected chi connectivity index (χ0v) is 12.2. The minimum atomic E-state index is -0.187. The van der Waals surface area contributed by atoms with E-state index in [0.29, 0.717) is 13.0 Å². The summed E-state index contributed by atoms with van der Waals surface area (Å²) in [5.74, 6) is 7.53. The molecule has 0 aliphatic heterocycles. The molecule has 1 aromatic rings. The number of esters is 1. The number of thioether (sulfide) groups is 1. The van der Waals surface area contributed by atoms with Gasteiger partial charge in [0.2, 0.25) is 0 Å². The number of hydrogen-bond donors (Lipinski definition) is 1. The molecule has 0 saturated heterocycles. The lowest BCUT2D eigenvalue weighted by Crippen LogP contribution is -2.04. The summed E-state index contributed by atoms with van der Waals surface area (Å²) in [4.78, 5) is 10.9. The number of ether oxygens (including phenoxy) is 2. The van der Waals surface area contributed by atoms with E-state index >= 15 is 0 Å². The molecular weight excluding hydrogens is 276 g/mol. The third-order valence-corrected chi connectivity index (χ3v) is 3.27. The summed E-state index contributed by atoms with van der Waals surface area (Å²) in [6.45, 7) is 0.421. The molecule has 0 radical (unpaired) electrons. The minimum Gasteiger partial charge on any atom is -0.493 e. The fourth-order valence-electron chi connectivity index (χ4n) is 1.38. The summed E-state index contributed by atoms with van der Waals surface area (Å²) in [5.41, 5.74) is 0.815. The first-order chi connectivity index (χ1) is 9.76. The highest BCUT2D eigenvalue weighted by atomic mass is 32.2. The highest BCUT2D eigenvalue weighted by molar-refractivity contribution is 7.99. The quantitative estimate of drug-likeness (QED) is 0.471. The number of aliphatic hydroxyl groups excluding tert-OH is 1. The second kappa shape index (κ2) is 10.2. The smallest absolute Gasteiger partial charge is 0.306 e. The Balaban J connectivity index is 2.23. The van der Waals surface area contributed by atoms with Crippen molar-refractivity contribution in [3.8, 4) is 17.6 Å². The van der Waals surface area contributed by atoms with Crippen molar-refractivity contribution in [3.63, 3.8) is 0 Å². The van der Waals surface area contributed by atoms with E-state index in [-0.39, 0.29) is 12.6 Å². The summed E-state index contributed by atoms with van der Waals surface area (Å²) in [6.07, 6.45) is 0.424. The molecule has 4 nitrogen and oxygen atoms in total. The second-order valence-corrected chi connectivity index (χ2v) is 5.00. The number of benzene rings is 1. The molecule has 0 saturated carbocycles. The van der Waals surface area contributed by atoms with E-state index in [4.69, 9.17) is 9.84 Å². The summed E-state index contributed by atoms with van der Waals surface area (Å²) < 4.78 is 10.1. The highest BCUT2D eigenvalue weighted by Gasteiger charge is 2.00. The largest absolute Gasteiger partial charge is 0.493 e. The first-order valence-corrected chi connectivity index (χ1v) is 7.39. The Bertz CT molecular complexity index is 476. The Morgan fingerprint density at radius 2 is 2.25 bits per heavy atom. The van der Waals surface area contributed by atoms with E-state index in [1.165, 1.54) is 7.11 Å². The first kappa shape index (κ1) is 16.4. The van der Waals surface area contributed by atoms with Gasteiger partial charge < -0.3 is 14.6 Å². The maximum atomic E-state index is 10.9. The van der Waals surface area contributed by atoms with Crippen LogP contribution in [-0.2, 0) is 9.53 Å². The van der Waals surface area contributed by atoms with Crippen molar-refractivity contribution < 1.29 is 19.4 Å². The van der Waals surface area contributed by atoms with Crippen LogP contribution in [0.25, 0.3) is 0 Å². The van der Waals surface area contributed by atoms with Crippen molar-refractivity contribution in [1.29, 1.82) is 0 Å². The van der Waals surface area contributed by atoms with Gasteiger partial charge in [-0.15, -0.1) is 0 Å². The van der Waals surface area contributed by atoms with E-state index < -0.39 is 0 Å². The van der Waals surface area contributed by atoms with Gasteiger partial charge in [0.05, 0.1) is 20.1 Å². The Kier molecular flexibility index (Phi) is 8.36. The Labute approximate surface area is 123 Å². The van der Waals surface area contributed by atoms with Gasteiger partial charge >= 0.3 is 5.97 Å². The lowest BCUT2D eigenvalue weighted by molar-refractivity contribution is -0.140.